The number of carbonyl (C=O) groups excluding carboxylic acids is 1. The molecule has 0 aromatic heterocycles. The van der Waals surface area contributed by atoms with Crippen molar-refractivity contribution in [2.75, 3.05) is 27.2 Å². The van der Waals surface area contributed by atoms with Gasteiger partial charge in [0.15, 0.2) is 0 Å². The van der Waals surface area contributed by atoms with Gasteiger partial charge < -0.3 is 9.80 Å². The van der Waals surface area contributed by atoms with Crippen molar-refractivity contribution in [3.05, 3.63) is 35.6 Å². The van der Waals surface area contributed by atoms with Crippen molar-refractivity contribution in [1.82, 2.24) is 9.80 Å². The third-order valence-electron chi connectivity index (χ3n) is 3.20. The molecule has 0 radical (unpaired) electrons. The molecular weight excluding hydrogens is 231 g/mol. The first-order valence-electron chi connectivity index (χ1n) is 6.21. The van der Waals surface area contributed by atoms with E-state index in [4.69, 9.17) is 0 Å². The highest BCUT2D eigenvalue weighted by molar-refractivity contribution is 5.78. The molecule has 18 heavy (non-hydrogen) atoms. The second kappa shape index (κ2) is 5.48. The van der Waals surface area contributed by atoms with Crippen LogP contribution in [-0.4, -0.2) is 42.9 Å². The average molecular weight is 250 g/mol. The van der Waals surface area contributed by atoms with E-state index in [2.05, 4.69) is 4.90 Å². The fraction of sp³-hybridized carbons (Fsp3) is 0.500. The summed E-state index contributed by atoms with van der Waals surface area (Å²) < 4.78 is 12.8. The van der Waals surface area contributed by atoms with Gasteiger partial charge in [0.05, 0.1) is 0 Å². The molecule has 0 aliphatic carbocycles. The van der Waals surface area contributed by atoms with E-state index in [9.17, 15) is 9.18 Å². The summed E-state index contributed by atoms with van der Waals surface area (Å²) in [4.78, 5) is 15.8. The predicted molar refractivity (Wildman–Crippen MR) is 68.5 cm³/mol. The van der Waals surface area contributed by atoms with Crippen LogP contribution in [-0.2, 0) is 11.3 Å². The van der Waals surface area contributed by atoms with Gasteiger partial charge >= 0.3 is 0 Å². The number of halogens is 1. The number of carbonyl (C=O) groups is 1. The Morgan fingerprint density at radius 2 is 2.00 bits per heavy atom. The van der Waals surface area contributed by atoms with Crippen molar-refractivity contribution in [2.24, 2.45) is 5.92 Å². The second-order valence-corrected chi connectivity index (χ2v) is 5.23. The molecule has 1 atom stereocenters. The Morgan fingerprint density at radius 3 is 2.61 bits per heavy atom. The van der Waals surface area contributed by atoms with Gasteiger partial charge in [0.2, 0.25) is 5.91 Å². The number of rotatable bonds is 4. The van der Waals surface area contributed by atoms with Gasteiger partial charge in [-0.25, -0.2) is 4.39 Å². The standard InChI is InChI=1S/C14H19FN2O/c1-16(2)8-12-7-14(18)17(10-12)9-11-3-5-13(15)6-4-11/h3-6,12H,7-10H2,1-2H3. The van der Waals surface area contributed by atoms with Crippen LogP contribution in [0, 0.1) is 11.7 Å². The van der Waals surface area contributed by atoms with Crippen molar-refractivity contribution in [2.45, 2.75) is 13.0 Å². The Bertz CT molecular complexity index is 416. The normalized spacial score (nSPS) is 19.9. The van der Waals surface area contributed by atoms with E-state index in [0.29, 0.717) is 18.9 Å². The molecule has 1 aromatic carbocycles. The van der Waals surface area contributed by atoms with Crippen molar-refractivity contribution in [3.8, 4) is 0 Å². The minimum atomic E-state index is -0.239. The van der Waals surface area contributed by atoms with E-state index >= 15 is 0 Å². The molecule has 1 aliphatic rings. The zero-order valence-electron chi connectivity index (χ0n) is 10.9. The van der Waals surface area contributed by atoms with Crippen LogP contribution in [0.2, 0.25) is 0 Å². The Kier molecular flexibility index (Phi) is 3.97. The van der Waals surface area contributed by atoms with E-state index in [1.165, 1.54) is 12.1 Å². The van der Waals surface area contributed by atoms with Gasteiger partial charge in [0, 0.05) is 26.1 Å². The smallest absolute Gasteiger partial charge is 0.223 e. The van der Waals surface area contributed by atoms with Crippen LogP contribution in [0.25, 0.3) is 0 Å². The predicted octanol–water partition coefficient (Wildman–Crippen LogP) is 1.74. The highest BCUT2D eigenvalue weighted by Gasteiger charge is 2.29. The van der Waals surface area contributed by atoms with Gasteiger partial charge in [-0.1, -0.05) is 12.1 Å². The van der Waals surface area contributed by atoms with Crippen LogP contribution in [0.5, 0.6) is 0 Å². The number of hydrogen-bond donors (Lipinski definition) is 0. The minimum Gasteiger partial charge on any atom is -0.338 e. The number of nitrogens with zero attached hydrogens (tertiary/aromatic N) is 2. The summed E-state index contributed by atoms with van der Waals surface area (Å²) in [5.41, 5.74) is 0.982. The Balaban J connectivity index is 1.94. The summed E-state index contributed by atoms with van der Waals surface area (Å²) in [5.74, 6) is 0.371. The summed E-state index contributed by atoms with van der Waals surface area (Å²) in [7, 11) is 4.04. The van der Waals surface area contributed by atoms with Gasteiger partial charge in [0.1, 0.15) is 5.82 Å². The summed E-state index contributed by atoms with van der Waals surface area (Å²) >= 11 is 0. The lowest BCUT2D eigenvalue weighted by atomic mass is 10.1. The van der Waals surface area contributed by atoms with Crippen molar-refractivity contribution in [3.63, 3.8) is 0 Å². The molecule has 3 nitrogen and oxygen atoms in total. The van der Waals surface area contributed by atoms with Crippen molar-refractivity contribution < 1.29 is 9.18 Å². The molecule has 0 spiro atoms. The molecule has 1 amide bonds. The molecular formula is C14H19FN2O. The molecule has 0 saturated carbocycles. The fourth-order valence-corrected chi connectivity index (χ4v) is 2.46. The zero-order valence-corrected chi connectivity index (χ0v) is 10.9. The van der Waals surface area contributed by atoms with Crippen LogP contribution >= 0.6 is 0 Å². The molecule has 4 heteroatoms. The molecule has 1 aliphatic heterocycles. The number of amides is 1. The van der Waals surface area contributed by atoms with Crippen LogP contribution in [0.1, 0.15) is 12.0 Å². The highest BCUT2D eigenvalue weighted by Crippen LogP contribution is 2.20. The van der Waals surface area contributed by atoms with Crippen molar-refractivity contribution >= 4 is 5.91 Å². The lowest BCUT2D eigenvalue weighted by molar-refractivity contribution is -0.128. The Labute approximate surface area is 107 Å². The molecule has 0 bridgehead atoms. The van der Waals surface area contributed by atoms with Gasteiger partial charge in [-0.2, -0.15) is 0 Å². The molecule has 1 fully saturated rings. The van der Waals surface area contributed by atoms with Crippen molar-refractivity contribution in [1.29, 1.82) is 0 Å². The molecule has 1 heterocycles. The van der Waals surface area contributed by atoms with Gasteiger partial charge in [-0.3, -0.25) is 4.79 Å². The molecule has 1 aromatic rings. The monoisotopic (exact) mass is 250 g/mol. The first-order chi connectivity index (χ1) is 8.54. The SMILES string of the molecule is CN(C)CC1CC(=O)N(Cc2ccc(F)cc2)C1. The lowest BCUT2D eigenvalue weighted by Gasteiger charge is -2.18. The van der Waals surface area contributed by atoms with E-state index in [-0.39, 0.29) is 11.7 Å². The quantitative estimate of drug-likeness (QED) is 0.812. The van der Waals surface area contributed by atoms with E-state index in [0.717, 1.165) is 18.7 Å². The molecule has 1 unspecified atom stereocenters. The lowest BCUT2D eigenvalue weighted by Crippen LogP contribution is -2.27. The maximum absolute atomic E-state index is 12.8. The summed E-state index contributed by atoms with van der Waals surface area (Å²) in [6.07, 6.45) is 0.624. The number of benzene rings is 1. The number of hydrogen-bond acceptors (Lipinski definition) is 2. The third kappa shape index (κ3) is 3.29. The number of likely N-dealkylation sites (tertiary alicyclic amines) is 1. The maximum Gasteiger partial charge on any atom is 0.223 e. The minimum absolute atomic E-state index is 0.200. The van der Waals surface area contributed by atoms with Crippen LogP contribution < -0.4 is 0 Å². The topological polar surface area (TPSA) is 23.6 Å². The molecule has 1 saturated heterocycles. The van der Waals surface area contributed by atoms with E-state index in [1.54, 1.807) is 12.1 Å². The molecule has 0 N–H and O–H groups in total. The summed E-state index contributed by atoms with van der Waals surface area (Å²) in [6, 6.07) is 6.35. The largest absolute Gasteiger partial charge is 0.338 e. The highest BCUT2D eigenvalue weighted by atomic mass is 19.1. The first-order valence-corrected chi connectivity index (χ1v) is 6.21. The second-order valence-electron chi connectivity index (χ2n) is 5.23. The Hall–Kier alpha value is -1.42. The van der Waals surface area contributed by atoms with Gasteiger partial charge in [-0.05, 0) is 37.7 Å². The van der Waals surface area contributed by atoms with Gasteiger partial charge in [0.25, 0.3) is 0 Å². The van der Waals surface area contributed by atoms with E-state index in [1.807, 2.05) is 19.0 Å². The zero-order chi connectivity index (χ0) is 13.1. The van der Waals surface area contributed by atoms with E-state index < -0.39 is 0 Å². The summed E-state index contributed by atoms with van der Waals surface area (Å²) in [5, 5.41) is 0. The maximum atomic E-state index is 12.8. The first kappa shape index (κ1) is 13.0. The third-order valence-corrected chi connectivity index (χ3v) is 3.20. The average Bonchev–Trinajstić information content (AvgIpc) is 2.61. The fourth-order valence-electron chi connectivity index (χ4n) is 2.46. The van der Waals surface area contributed by atoms with Crippen LogP contribution in [0.3, 0.4) is 0 Å². The van der Waals surface area contributed by atoms with Gasteiger partial charge in [-0.15, -0.1) is 0 Å². The Morgan fingerprint density at radius 1 is 1.33 bits per heavy atom. The summed E-state index contributed by atoms with van der Waals surface area (Å²) in [6.45, 7) is 2.32. The molecule has 98 valence electrons. The van der Waals surface area contributed by atoms with Crippen LogP contribution in [0.4, 0.5) is 4.39 Å². The molecule has 2 rings (SSSR count). The van der Waals surface area contributed by atoms with Crippen LogP contribution in [0.15, 0.2) is 24.3 Å².